The first kappa shape index (κ1) is 7.93. The van der Waals surface area contributed by atoms with Gasteiger partial charge < -0.3 is 10.8 Å². The summed E-state index contributed by atoms with van der Waals surface area (Å²) in [6.07, 6.45) is 1.10. The molecule has 0 spiro atoms. The fourth-order valence-electron chi connectivity index (χ4n) is 0.533. The van der Waals surface area contributed by atoms with Gasteiger partial charge in [-0.15, -0.1) is 0 Å². The van der Waals surface area contributed by atoms with Gasteiger partial charge in [-0.05, 0) is 15.9 Å². The predicted molar refractivity (Wildman–Crippen MR) is 41.1 cm³/mol. The molecule has 0 saturated heterocycles. The number of nitrogens with zero attached hydrogens (tertiary/aromatic N) is 2. The minimum absolute atomic E-state index is 0.123. The fourth-order valence-corrected chi connectivity index (χ4v) is 0.907. The molecule has 0 aromatic carbocycles. The summed E-state index contributed by atoms with van der Waals surface area (Å²) in [6, 6.07) is 0. The summed E-state index contributed by atoms with van der Waals surface area (Å²) in [6.45, 7) is 0. The van der Waals surface area contributed by atoms with E-state index in [0.717, 1.165) is 6.33 Å². The van der Waals surface area contributed by atoms with E-state index in [1.807, 2.05) is 0 Å². The van der Waals surface area contributed by atoms with E-state index in [9.17, 15) is 4.79 Å². The smallest absolute Gasteiger partial charge is 0.355 e. The number of carboxylic acids is 1. The molecule has 3 N–H and O–H groups in total. The molecule has 0 radical (unpaired) electrons. The van der Waals surface area contributed by atoms with Crippen molar-refractivity contribution in [2.24, 2.45) is 0 Å². The van der Waals surface area contributed by atoms with Crippen molar-refractivity contribution in [1.82, 2.24) is 9.97 Å². The first-order valence-corrected chi connectivity index (χ1v) is 3.41. The van der Waals surface area contributed by atoms with Gasteiger partial charge in [-0.2, -0.15) is 0 Å². The summed E-state index contributed by atoms with van der Waals surface area (Å²) in [4.78, 5) is 17.5. The van der Waals surface area contributed by atoms with Crippen LogP contribution in [0.5, 0.6) is 0 Å². The number of anilines is 1. The van der Waals surface area contributed by atoms with Crippen LogP contribution in [0, 0.1) is 0 Å². The van der Waals surface area contributed by atoms with Gasteiger partial charge in [0.15, 0.2) is 5.69 Å². The molecule has 6 heteroatoms. The summed E-state index contributed by atoms with van der Waals surface area (Å²) >= 11 is 2.95. The van der Waals surface area contributed by atoms with E-state index >= 15 is 0 Å². The Hall–Kier alpha value is -1.17. The first-order valence-electron chi connectivity index (χ1n) is 2.62. The average molecular weight is 218 g/mol. The van der Waals surface area contributed by atoms with Crippen molar-refractivity contribution in [3.05, 3.63) is 16.5 Å². The third-order valence-electron chi connectivity index (χ3n) is 1.02. The molecule has 0 saturated carbocycles. The van der Waals surface area contributed by atoms with E-state index in [1.165, 1.54) is 0 Å². The Kier molecular flexibility index (Phi) is 2.04. The maximum atomic E-state index is 10.4. The van der Waals surface area contributed by atoms with Gasteiger partial charge in [0.25, 0.3) is 0 Å². The molecule has 0 aliphatic carbocycles. The molecule has 0 atom stereocenters. The third-order valence-corrected chi connectivity index (χ3v) is 1.80. The van der Waals surface area contributed by atoms with Crippen molar-refractivity contribution < 1.29 is 9.90 Å². The molecule has 1 aromatic rings. The van der Waals surface area contributed by atoms with Gasteiger partial charge in [0.1, 0.15) is 12.1 Å². The molecule has 0 unspecified atom stereocenters. The standard InChI is InChI=1S/C5H4BrN3O2/c6-2-3(5(10)11)8-1-9-4(2)7/h1H,(H,10,11)(H2,7,8,9). The number of halogens is 1. The molecule has 11 heavy (non-hydrogen) atoms. The van der Waals surface area contributed by atoms with E-state index in [1.54, 1.807) is 0 Å². The van der Waals surface area contributed by atoms with Crippen LogP contribution in [0.25, 0.3) is 0 Å². The van der Waals surface area contributed by atoms with Crippen molar-refractivity contribution in [2.45, 2.75) is 0 Å². The van der Waals surface area contributed by atoms with Crippen molar-refractivity contribution in [3.63, 3.8) is 0 Å². The van der Waals surface area contributed by atoms with Gasteiger partial charge in [-0.1, -0.05) is 0 Å². The predicted octanol–water partition coefficient (Wildman–Crippen LogP) is 0.520. The summed E-state index contributed by atoms with van der Waals surface area (Å²) < 4.78 is 0.215. The van der Waals surface area contributed by atoms with Crippen molar-refractivity contribution in [3.8, 4) is 0 Å². The second kappa shape index (κ2) is 2.83. The SMILES string of the molecule is Nc1ncnc(C(=O)O)c1Br. The Morgan fingerprint density at radius 2 is 2.27 bits per heavy atom. The van der Waals surface area contributed by atoms with Gasteiger partial charge in [-0.3, -0.25) is 0 Å². The van der Waals surface area contributed by atoms with Gasteiger partial charge in [-0.25, -0.2) is 14.8 Å². The lowest BCUT2D eigenvalue weighted by molar-refractivity contribution is 0.0689. The highest BCUT2D eigenvalue weighted by Crippen LogP contribution is 2.18. The number of rotatable bonds is 1. The molecule has 0 aliphatic heterocycles. The zero-order valence-electron chi connectivity index (χ0n) is 5.28. The Balaban J connectivity index is 3.27. The van der Waals surface area contributed by atoms with Gasteiger partial charge in [0.2, 0.25) is 0 Å². The minimum atomic E-state index is -1.13. The van der Waals surface area contributed by atoms with Gasteiger partial charge in [0.05, 0.1) is 4.47 Å². The average Bonchev–Trinajstić information content (AvgIpc) is 1.94. The number of nitrogen functional groups attached to an aromatic ring is 1. The molecule has 1 aromatic heterocycles. The van der Waals surface area contributed by atoms with Gasteiger partial charge >= 0.3 is 5.97 Å². The van der Waals surface area contributed by atoms with Crippen molar-refractivity contribution >= 4 is 27.7 Å². The van der Waals surface area contributed by atoms with E-state index in [-0.39, 0.29) is 16.0 Å². The lowest BCUT2D eigenvalue weighted by Gasteiger charge is -1.98. The molecule has 5 nitrogen and oxygen atoms in total. The third kappa shape index (κ3) is 1.45. The van der Waals surface area contributed by atoms with Crippen LogP contribution in [-0.4, -0.2) is 21.0 Å². The summed E-state index contributed by atoms with van der Waals surface area (Å²) in [5.41, 5.74) is 5.17. The van der Waals surface area contributed by atoms with Crippen LogP contribution < -0.4 is 5.73 Å². The first-order chi connectivity index (χ1) is 5.13. The zero-order chi connectivity index (χ0) is 8.43. The van der Waals surface area contributed by atoms with Crippen LogP contribution in [0.15, 0.2) is 10.8 Å². The number of nitrogens with two attached hydrogens (primary N) is 1. The lowest BCUT2D eigenvalue weighted by atomic mass is 10.4. The second-order valence-corrected chi connectivity index (χ2v) is 2.52. The summed E-state index contributed by atoms with van der Waals surface area (Å²) in [7, 11) is 0. The Morgan fingerprint density at radius 1 is 1.64 bits per heavy atom. The highest BCUT2D eigenvalue weighted by Gasteiger charge is 2.11. The maximum Gasteiger partial charge on any atom is 0.355 e. The normalized spacial score (nSPS) is 9.55. The monoisotopic (exact) mass is 217 g/mol. The van der Waals surface area contributed by atoms with Crippen LogP contribution in [0.1, 0.15) is 10.5 Å². The minimum Gasteiger partial charge on any atom is -0.476 e. The van der Waals surface area contributed by atoms with E-state index < -0.39 is 5.97 Å². The topological polar surface area (TPSA) is 89.1 Å². The van der Waals surface area contributed by atoms with E-state index in [4.69, 9.17) is 10.8 Å². The highest BCUT2D eigenvalue weighted by atomic mass is 79.9. The van der Waals surface area contributed by atoms with E-state index in [0.29, 0.717) is 0 Å². The highest BCUT2D eigenvalue weighted by molar-refractivity contribution is 9.10. The zero-order valence-corrected chi connectivity index (χ0v) is 6.87. The van der Waals surface area contributed by atoms with Crippen molar-refractivity contribution in [1.29, 1.82) is 0 Å². The van der Waals surface area contributed by atoms with Crippen LogP contribution in [0.3, 0.4) is 0 Å². The fraction of sp³-hybridized carbons (Fsp3) is 0. The number of hydrogen-bond donors (Lipinski definition) is 2. The molecular weight excluding hydrogens is 214 g/mol. The lowest BCUT2D eigenvalue weighted by Crippen LogP contribution is -2.04. The van der Waals surface area contributed by atoms with Crippen molar-refractivity contribution in [2.75, 3.05) is 5.73 Å². The largest absolute Gasteiger partial charge is 0.476 e. The quantitative estimate of drug-likeness (QED) is 0.717. The molecule has 1 heterocycles. The molecule has 58 valence electrons. The molecule has 1 rings (SSSR count). The maximum absolute atomic E-state index is 10.4. The number of aromatic carboxylic acids is 1. The van der Waals surface area contributed by atoms with Crippen LogP contribution in [0.2, 0.25) is 0 Å². The van der Waals surface area contributed by atoms with Gasteiger partial charge in [0, 0.05) is 0 Å². The Bertz CT molecular complexity index is 302. The summed E-state index contributed by atoms with van der Waals surface area (Å²) in [5, 5.41) is 8.51. The van der Waals surface area contributed by atoms with Crippen LogP contribution >= 0.6 is 15.9 Å². The Morgan fingerprint density at radius 3 is 2.73 bits per heavy atom. The Labute approximate surface area is 70.4 Å². The van der Waals surface area contributed by atoms with E-state index in [2.05, 4.69) is 25.9 Å². The molecule has 0 fully saturated rings. The summed E-state index contributed by atoms with van der Waals surface area (Å²) in [5.74, 6) is -1.01. The molecular formula is C5H4BrN3O2. The number of hydrogen-bond acceptors (Lipinski definition) is 4. The molecule has 0 bridgehead atoms. The number of aromatic nitrogens is 2. The second-order valence-electron chi connectivity index (χ2n) is 1.73. The number of carbonyl (C=O) groups is 1. The molecule has 0 aliphatic rings. The van der Waals surface area contributed by atoms with Crippen LogP contribution in [0.4, 0.5) is 5.82 Å². The molecule has 0 amide bonds. The number of carboxylic acid groups (broad SMARTS) is 1. The van der Waals surface area contributed by atoms with Crippen LogP contribution in [-0.2, 0) is 0 Å².